The molecule has 4 nitrogen and oxygen atoms in total. The van der Waals surface area contributed by atoms with Crippen molar-refractivity contribution in [3.05, 3.63) is 70.5 Å². The molecule has 0 spiro atoms. The van der Waals surface area contributed by atoms with E-state index in [-0.39, 0.29) is 18.5 Å². The second kappa shape index (κ2) is 8.29. The van der Waals surface area contributed by atoms with Gasteiger partial charge in [-0.25, -0.2) is 9.18 Å². The van der Waals surface area contributed by atoms with Gasteiger partial charge in [-0.1, -0.05) is 36.4 Å². The summed E-state index contributed by atoms with van der Waals surface area (Å²) in [6.07, 6.45) is 0.717. The molecule has 0 radical (unpaired) electrons. The molecular weight excluding hydrogens is 295 g/mol. The van der Waals surface area contributed by atoms with Crippen LogP contribution in [0.3, 0.4) is 0 Å². The van der Waals surface area contributed by atoms with E-state index in [2.05, 4.69) is 10.6 Å². The maximum absolute atomic E-state index is 13.2. The first-order chi connectivity index (χ1) is 11.1. The Labute approximate surface area is 135 Å². The summed E-state index contributed by atoms with van der Waals surface area (Å²) >= 11 is 0. The highest BCUT2D eigenvalue weighted by molar-refractivity contribution is 5.73. The number of rotatable bonds is 6. The molecule has 0 saturated carbocycles. The average molecular weight is 316 g/mol. The van der Waals surface area contributed by atoms with E-state index in [4.69, 9.17) is 5.11 Å². The fourth-order valence-electron chi connectivity index (χ4n) is 2.19. The molecular formula is C18H21FN2O2. The molecule has 2 rings (SSSR count). The number of carbonyl (C=O) groups excluding carboxylic acids is 1. The number of benzene rings is 2. The number of nitrogens with one attached hydrogen (secondary N) is 2. The second-order valence-corrected chi connectivity index (χ2v) is 5.42. The molecule has 0 atom stereocenters. The zero-order valence-corrected chi connectivity index (χ0v) is 13.1. The predicted molar refractivity (Wildman–Crippen MR) is 87.4 cm³/mol. The molecule has 0 aliphatic rings. The van der Waals surface area contributed by atoms with Gasteiger partial charge in [0.15, 0.2) is 0 Å². The van der Waals surface area contributed by atoms with Crippen molar-refractivity contribution in [3.8, 4) is 0 Å². The summed E-state index contributed by atoms with van der Waals surface area (Å²) in [7, 11) is 0. The number of aliphatic hydroxyl groups excluding tert-OH is 1. The summed E-state index contributed by atoms with van der Waals surface area (Å²) < 4.78 is 13.2. The monoisotopic (exact) mass is 316 g/mol. The first-order valence-electron chi connectivity index (χ1n) is 7.54. The molecule has 0 aliphatic heterocycles. The Bertz CT molecular complexity index is 657. The molecule has 5 heteroatoms. The van der Waals surface area contributed by atoms with Gasteiger partial charge in [0.25, 0.3) is 0 Å². The van der Waals surface area contributed by atoms with Crippen molar-refractivity contribution < 1.29 is 14.3 Å². The normalized spacial score (nSPS) is 10.4. The number of hydrogen-bond acceptors (Lipinski definition) is 2. The third-order valence-corrected chi connectivity index (χ3v) is 3.58. The van der Waals surface area contributed by atoms with Crippen LogP contribution in [0.15, 0.2) is 42.5 Å². The average Bonchev–Trinajstić information content (AvgIpc) is 2.56. The Morgan fingerprint density at radius 2 is 1.70 bits per heavy atom. The summed E-state index contributed by atoms with van der Waals surface area (Å²) in [4.78, 5) is 11.7. The smallest absolute Gasteiger partial charge is 0.315 e. The molecule has 0 aliphatic carbocycles. The van der Waals surface area contributed by atoms with Crippen LogP contribution in [-0.2, 0) is 19.6 Å². The quantitative estimate of drug-likeness (QED) is 0.767. The lowest BCUT2D eigenvalue weighted by Gasteiger charge is -2.09. The van der Waals surface area contributed by atoms with Gasteiger partial charge in [-0.05, 0) is 41.7 Å². The molecule has 2 amide bonds. The summed E-state index contributed by atoms with van der Waals surface area (Å²) in [5.41, 5.74) is 3.39. The number of urea groups is 1. The first kappa shape index (κ1) is 17.0. The van der Waals surface area contributed by atoms with Crippen LogP contribution in [0.2, 0.25) is 0 Å². The van der Waals surface area contributed by atoms with Gasteiger partial charge in [-0.15, -0.1) is 0 Å². The molecule has 3 N–H and O–H groups in total. The van der Waals surface area contributed by atoms with Crippen LogP contribution in [0.4, 0.5) is 9.18 Å². The van der Waals surface area contributed by atoms with E-state index < -0.39 is 0 Å². The van der Waals surface area contributed by atoms with Gasteiger partial charge in [0, 0.05) is 13.1 Å². The number of aryl methyl sites for hydroxylation is 1. The second-order valence-electron chi connectivity index (χ2n) is 5.42. The fraction of sp³-hybridized carbons (Fsp3) is 0.278. The van der Waals surface area contributed by atoms with Crippen molar-refractivity contribution in [1.29, 1.82) is 0 Å². The topological polar surface area (TPSA) is 61.4 Å². The lowest BCUT2D eigenvalue weighted by atomic mass is 10.1. The third-order valence-electron chi connectivity index (χ3n) is 3.58. The number of aliphatic hydroxyl groups is 1. The largest absolute Gasteiger partial charge is 0.392 e. The number of carbonyl (C=O) groups is 1. The van der Waals surface area contributed by atoms with E-state index in [1.807, 2.05) is 24.3 Å². The zero-order valence-electron chi connectivity index (χ0n) is 13.1. The van der Waals surface area contributed by atoms with E-state index in [1.165, 1.54) is 6.07 Å². The van der Waals surface area contributed by atoms with Crippen molar-refractivity contribution in [2.24, 2.45) is 0 Å². The lowest BCUT2D eigenvalue weighted by Crippen LogP contribution is -2.36. The van der Waals surface area contributed by atoms with Gasteiger partial charge in [-0.2, -0.15) is 0 Å². The van der Waals surface area contributed by atoms with Gasteiger partial charge in [0.1, 0.15) is 5.82 Å². The van der Waals surface area contributed by atoms with Gasteiger partial charge in [0.05, 0.1) is 6.61 Å². The van der Waals surface area contributed by atoms with Crippen LogP contribution >= 0.6 is 0 Å². The molecule has 0 bridgehead atoms. The Balaban J connectivity index is 1.71. The van der Waals surface area contributed by atoms with Crippen LogP contribution in [0.5, 0.6) is 0 Å². The van der Waals surface area contributed by atoms with E-state index >= 15 is 0 Å². The van der Waals surface area contributed by atoms with Crippen LogP contribution < -0.4 is 10.6 Å². The van der Waals surface area contributed by atoms with Crippen LogP contribution in [-0.4, -0.2) is 17.7 Å². The molecule has 2 aromatic rings. The van der Waals surface area contributed by atoms with Crippen molar-refractivity contribution >= 4 is 6.03 Å². The molecule has 0 unspecified atom stereocenters. The number of amides is 2. The Kier molecular flexibility index (Phi) is 6.11. The van der Waals surface area contributed by atoms with Crippen molar-refractivity contribution in [3.63, 3.8) is 0 Å². The van der Waals surface area contributed by atoms with Crippen LogP contribution in [0.25, 0.3) is 0 Å². The van der Waals surface area contributed by atoms with E-state index in [0.717, 1.165) is 23.1 Å². The van der Waals surface area contributed by atoms with Gasteiger partial charge in [-0.3, -0.25) is 0 Å². The molecule has 0 fully saturated rings. The number of halogens is 1. The van der Waals surface area contributed by atoms with Crippen LogP contribution in [0.1, 0.15) is 22.3 Å². The van der Waals surface area contributed by atoms with E-state index in [9.17, 15) is 9.18 Å². The standard InChI is InChI=1S/C18H21FN2O2/c1-13-10-16(6-7-17(13)19)11-21-18(23)20-9-8-14-2-4-15(12-22)5-3-14/h2-7,10,22H,8-9,11-12H2,1H3,(H2,20,21,23). The third kappa shape index (κ3) is 5.38. The Hall–Kier alpha value is -2.40. The zero-order chi connectivity index (χ0) is 16.7. The van der Waals surface area contributed by atoms with Gasteiger partial charge >= 0.3 is 6.03 Å². The maximum atomic E-state index is 13.2. The van der Waals surface area contributed by atoms with Crippen LogP contribution in [0, 0.1) is 12.7 Å². The molecule has 0 heterocycles. The summed E-state index contributed by atoms with van der Waals surface area (Å²) in [6.45, 7) is 2.61. The van der Waals surface area contributed by atoms with Gasteiger partial charge in [0.2, 0.25) is 0 Å². The predicted octanol–water partition coefficient (Wildman–Crippen LogP) is 2.67. The van der Waals surface area contributed by atoms with E-state index in [0.29, 0.717) is 18.7 Å². The molecule has 122 valence electrons. The lowest BCUT2D eigenvalue weighted by molar-refractivity contribution is 0.240. The minimum Gasteiger partial charge on any atom is -0.392 e. The molecule has 0 aromatic heterocycles. The molecule has 2 aromatic carbocycles. The summed E-state index contributed by atoms with van der Waals surface area (Å²) in [5, 5.41) is 14.5. The first-order valence-corrected chi connectivity index (χ1v) is 7.54. The SMILES string of the molecule is Cc1cc(CNC(=O)NCCc2ccc(CO)cc2)ccc1F. The van der Waals surface area contributed by atoms with Crippen molar-refractivity contribution in [2.45, 2.75) is 26.5 Å². The fourth-order valence-corrected chi connectivity index (χ4v) is 2.19. The van der Waals surface area contributed by atoms with E-state index in [1.54, 1.807) is 19.1 Å². The maximum Gasteiger partial charge on any atom is 0.315 e. The van der Waals surface area contributed by atoms with Gasteiger partial charge < -0.3 is 15.7 Å². The molecule has 23 heavy (non-hydrogen) atoms. The highest BCUT2D eigenvalue weighted by atomic mass is 19.1. The summed E-state index contributed by atoms with van der Waals surface area (Å²) in [6, 6.07) is 12.1. The summed E-state index contributed by atoms with van der Waals surface area (Å²) in [5.74, 6) is -0.245. The highest BCUT2D eigenvalue weighted by Gasteiger charge is 2.03. The molecule has 0 saturated heterocycles. The van der Waals surface area contributed by atoms with Crippen molar-refractivity contribution in [2.75, 3.05) is 6.54 Å². The Morgan fingerprint density at radius 3 is 2.35 bits per heavy atom. The number of hydrogen-bond donors (Lipinski definition) is 3. The minimum absolute atomic E-state index is 0.0315. The minimum atomic E-state index is -0.251. The van der Waals surface area contributed by atoms with Crippen molar-refractivity contribution in [1.82, 2.24) is 10.6 Å². The Morgan fingerprint density at radius 1 is 1.04 bits per heavy atom. The highest BCUT2D eigenvalue weighted by Crippen LogP contribution is 2.09.